The van der Waals surface area contributed by atoms with E-state index in [4.69, 9.17) is 4.98 Å². The Morgan fingerprint density at radius 1 is 0.368 bits per heavy atom. The van der Waals surface area contributed by atoms with Crippen LogP contribution in [0.1, 0.15) is 11.5 Å². The van der Waals surface area contributed by atoms with Crippen LogP contribution in [0, 0.1) is 13.8 Å². The first-order chi connectivity index (χ1) is 18.6. The number of rotatable bonds is 3. The van der Waals surface area contributed by atoms with E-state index >= 15 is 0 Å². The summed E-state index contributed by atoms with van der Waals surface area (Å²) >= 11 is 0. The highest BCUT2D eigenvalue weighted by molar-refractivity contribution is 6.25. The van der Waals surface area contributed by atoms with Crippen molar-refractivity contribution < 1.29 is 0 Å². The minimum absolute atomic E-state index is 0.788. The highest BCUT2D eigenvalue weighted by Gasteiger charge is 2.12. The third-order valence-corrected chi connectivity index (χ3v) is 7.38. The van der Waals surface area contributed by atoms with Crippen molar-refractivity contribution in [2.24, 2.45) is 0 Å². The SMILES string of the molecule is Cc1cc(-c2cc(-c3ccccc3)cc(-c3ccc4c5ccccc5c5ccccc5c4c3)c2)nc(C)n1. The van der Waals surface area contributed by atoms with Crippen molar-refractivity contribution in [3.8, 4) is 33.5 Å². The molecule has 6 aromatic carbocycles. The first kappa shape index (κ1) is 22.4. The number of hydrogen-bond acceptors (Lipinski definition) is 2. The standard InChI is InChI=1S/C36H26N2/c1-23-18-36(38-24(2)37-23)29-20-27(25-10-4-3-5-11-25)19-28(21-29)26-16-17-34-32-14-7-6-12-30(32)31-13-8-9-15-33(31)35(34)22-26/h3-22H,1-2H3. The predicted octanol–water partition coefficient (Wildman–Crippen LogP) is 9.55. The largest absolute Gasteiger partial charge is 0.239 e. The first-order valence-corrected chi connectivity index (χ1v) is 13.0. The summed E-state index contributed by atoms with van der Waals surface area (Å²) in [6, 6.07) is 43.8. The van der Waals surface area contributed by atoms with Crippen LogP contribution in [-0.2, 0) is 0 Å². The first-order valence-electron chi connectivity index (χ1n) is 13.0. The number of benzene rings is 6. The lowest BCUT2D eigenvalue weighted by molar-refractivity contribution is 1.02. The maximum absolute atomic E-state index is 4.79. The minimum Gasteiger partial charge on any atom is -0.239 e. The van der Waals surface area contributed by atoms with Crippen molar-refractivity contribution in [3.05, 3.63) is 133 Å². The van der Waals surface area contributed by atoms with Gasteiger partial charge in [-0.3, -0.25) is 0 Å². The third kappa shape index (κ3) is 3.82. The summed E-state index contributed by atoms with van der Waals surface area (Å²) in [4.78, 5) is 9.29. The van der Waals surface area contributed by atoms with E-state index in [0.717, 1.165) is 22.8 Å². The van der Waals surface area contributed by atoms with Crippen LogP contribution in [0.2, 0.25) is 0 Å². The Morgan fingerprint density at radius 2 is 0.895 bits per heavy atom. The molecule has 0 saturated carbocycles. The van der Waals surface area contributed by atoms with Gasteiger partial charge in [0.25, 0.3) is 0 Å². The van der Waals surface area contributed by atoms with E-state index in [1.807, 2.05) is 13.8 Å². The van der Waals surface area contributed by atoms with Gasteiger partial charge in [-0.05, 0) is 98.8 Å². The van der Waals surface area contributed by atoms with Crippen molar-refractivity contribution in [1.29, 1.82) is 0 Å². The molecular weight excluding hydrogens is 460 g/mol. The van der Waals surface area contributed by atoms with Crippen molar-refractivity contribution in [2.75, 3.05) is 0 Å². The fourth-order valence-electron chi connectivity index (χ4n) is 5.69. The normalized spacial score (nSPS) is 11.4. The van der Waals surface area contributed by atoms with E-state index in [9.17, 15) is 0 Å². The van der Waals surface area contributed by atoms with Gasteiger partial charge in [0.05, 0.1) is 5.69 Å². The number of hydrogen-bond donors (Lipinski definition) is 0. The molecule has 0 radical (unpaired) electrons. The van der Waals surface area contributed by atoms with Gasteiger partial charge in [-0.2, -0.15) is 0 Å². The maximum Gasteiger partial charge on any atom is 0.126 e. The van der Waals surface area contributed by atoms with Crippen LogP contribution >= 0.6 is 0 Å². The number of aryl methyl sites for hydroxylation is 2. The second kappa shape index (κ2) is 8.93. The Balaban J connectivity index is 1.50. The fraction of sp³-hybridized carbons (Fsp3) is 0.0556. The highest BCUT2D eigenvalue weighted by atomic mass is 14.9. The van der Waals surface area contributed by atoms with Crippen LogP contribution in [0.15, 0.2) is 121 Å². The topological polar surface area (TPSA) is 25.8 Å². The molecule has 7 aromatic rings. The molecule has 0 N–H and O–H groups in total. The van der Waals surface area contributed by atoms with Gasteiger partial charge < -0.3 is 0 Å². The van der Waals surface area contributed by atoms with Gasteiger partial charge in [0.1, 0.15) is 5.82 Å². The van der Waals surface area contributed by atoms with Crippen molar-refractivity contribution in [1.82, 2.24) is 9.97 Å². The van der Waals surface area contributed by atoms with Crippen LogP contribution in [-0.4, -0.2) is 9.97 Å². The van der Waals surface area contributed by atoms with Gasteiger partial charge in [-0.1, -0.05) is 91.0 Å². The highest BCUT2D eigenvalue weighted by Crippen LogP contribution is 2.38. The average molecular weight is 487 g/mol. The Kier molecular flexibility index (Phi) is 5.26. The molecular formula is C36H26N2. The van der Waals surface area contributed by atoms with Crippen LogP contribution < -0.4 is 0 Å². The summed E-state index contributed by atoms with van der Waals surface area (Å²) in [6.07, 6.45) is 0. The molecule has 180 valence electrons. The van der Waals surface area contributed by atoms with Gasteiger partial charge in [0.2, 0.25) is 0 Å². The van der Waals surface area contributed by atoms with Crippen molar-refractivity contribution in [3.63, 3.8) is 0 Å². The lowest BCUT2D eigenvalue weighted by Gasteiger charge is -2.14. The Bertz CT molecular complexity index is 1930. The van der Waals surface area contributed by atoms with Gasteiger partial charge >= 0.3 is 0 Å². The number of aromatic nitrogens is 2. The molecule has 2 heteroatoms. The second-order valence-corrected chi connectivity index (χ2v) is 9.96. The van der Waals surface area contributed by atoms with E-state index in [-0.39, 0.29) is 0 Å². The van der Waals surface area contributed by atoms with E-state index in [1.165, 1.54) is 54.6 Å². The Labute approximate surface area is 222 Å². The smallest absolute Gasteiger partial charge is 0.126 e. The molecule has 0 aliphatic rings. The zero-order chi connectivity index (χ0) is 25.6. The Hall–Kier alpha value is -4.82. The molecule has 0 fully saturated rings. The Morgan fingerprint density at radius 3 is 1.53 bits per heavy atom. The summed E-state index contributed by atoms with van der Waals surface area (Å²) in [5, 5.41) is 7.72. The summed E-state index contributed by atoms with van der Waals surface area (Å²) < 4.78 is 0. The fourth-order valence-corrected chi connectivity index (χ4v) is 5.69. The second-order valence-electron chi connectivity index (χ2n) is 9.96. The molecule has 0 spiro atoms. The summed E-state index contributed by atoms with van der Waals surface area (Å²) in [6.45, 7) is 3.98. The van der Waals surface area contributed by atoms with Crippen LogP contribution in [0.4, 0.5) is 0 Å². The molecule has 0 saturated heterocycles. The summed E-state index contributed by atoms with van der Waals surface area (Å²) in [5.41, 5.74) is 7.76. The molecule has 0 unspecified atom stereocenters. The molecule has 0 atom stereocenters. The van der Waals surface area contributed by atoms with Gasteiger partial charge in [-0.25, -0.2) is 9.97 Å². The molecule has 0 bridgehead atoms. The molecule has 0 aliphatic carbocycles. The maximum atomic E-state index is 4.79. The number of nitrogens with zero attached hydrogens (tertiary/aromatic N) is 2. The summed E-state index contributed by atoms with van der Waals surface area (Å²) in [7, 11) is 0. The zero-order valence-corrected chi connectivity index (χ0v) is 21.4. The molecule has 0 aliphatic heterocycles. The molecule has 38 heavy (non-hydrogen) atoms. The van der Waals surface area contributed by atoms with Gasteiger partial charge in [0.15, 0.2) is 0 Å². The molecule has 0 amide bonds. The zero-order valence-electron chi connectivity index (χ0n) is 21.4. The monoisotopic (exact) mass is 486 g/mol. The molecule has 7 rings (SSSR count). The van der Waals surface area contributed by atoms with E-state index in [2.05, 4.69) is 126 Å². The van der Waals surface area contributed by atoms with Crippen molar-refractivity contribution >= 4 is 32.3 Å². The van der Waals surface area contributed by atoms with Crippen molar-refractivity contribution in [2.45, 2.75) is 13.8 Å². The van der Waals surface area contributed by atoms with E-state index in [0.29, 0.717) is 0 Å². The quantitative estimate of drug-likeness (QED) is 0.232. The van der Waals surface area contributed by atoms with E-state index in [1.54, 1.807) is 0 Å². The van der Waals surface area contributed by atoms with Crippen LogP contribution in [0.25, 0.3) is 65.8 Å². The molecule has 1 heterocycles. The van der Waals surface area contributed by atoms with Gasteiger partial charge in [-0.15, -0.1) is 0 Å². The minimum atomic E-state index is 0.788. The van der Waals surface area contributed by atoms with Crippen LogP contribution in [0.3, 0.4) is 0 Å². The van der Waals surface area contributed by atoms with E-state index < -0.39 is 0 Å². The summed E-state index contributed by atoms with van der Waals surface area (Å²) in [5.74, 6) is 0.788. The molecule has 1 aromatic heterocycles. The predicted molar refractivity (Wildman–Crippen MR) is 160 cm³/mol. The van der Waals surface area contributed by atoms with Crippen LogP contribution in [0.5, 0.6) is 0 Å². The average Bonchev–Trinajstić information content (AvgIpc) is 2.97. The lowest BCUT2D eigenvalue weighted by atomic mass is 9.90. The lowest BCUT2D eigenvalue weighted by Crippen LogP contribution is -1.95. The third-order valence-electron chi connectivity index (χ3n) is 7.38. The van der Waals surface area contributed by atoms with Gasteiger partial charge in [0, 0.05) is 11.3 Å². The molecule has 2 nitrogen and oxygen atoms in total. The number of fused-ring (bicyclic) bond motifs is 6.